The van der Waals surface area contributed by atoms with Crippen molar-refractivity contribution in [2.75, 3.05) is 24.5 Å². The number of piperidine rings is 1. The molecule has 1 aromatic rings. The smallest absolute Gasteiger partial charge is 0.234 e. The molecule has 3 nitrogen and oxygen atoms in total. The summed E-state index contributed by atoms with van der Waals surface area (Å²) < 4.78 is 0. The standard InChI is InChI=1S/C15H20N2O/c1-12-5-2-3-6-13(12)17-10-8-15(14(17)18)7-4-9-16-11-15/h2-3,5-6,16H,4,7-11H2,1H3/t15-/m0/s1. The van der Waals surface area contributed by atoms with Crippen LogP contribution < -0.4 is 10.2 Å². The Morgan fingerprint density at radius 2 is 2.11 bits per heavy atom. The molecule has 2 fully saturated rings. The number of nitrogens with zero attached hydrogens (tertiary/aromatic N) is 1. The quantitative estimate of drug-likeness (QED) is 0.820. The van der Waals surface area contributed by atoms with Gasteiger partial charge in [0.05, 0.1) is 5.41 Å². The van der Waals surface area contributed by atoms with E-state index in [9.17, 15) is 4.79 Å². The van der Waals surface area contributed by atoms with E-state index in [1.807, 2.05) is 17.0 Å². The molecule has 0 radical (unpaired) electrons. The van der Waals surface area contributed by atoms with Crippen LogP contribution in [0.1, 0.15) is 24.8 Å². The van der Waals surface area contributed by atoms with Crippen LogP contribution in [0.5, 0.6) is 0 Å². The molecule has 2 saturated heterocycles. The first-order valence-electron chi connectivity index (χ1n) is 6.81. The molecule has 18 heavy (non-hydrogen) atoms. The Hall–Kier alpha value is -1.35. The average Bonchev–Trinajstić information content (AvgIpc) is 2.69. The van der Waals surface area contributed by atoms with Gasteiger partial charge in [-0.05, 0) is 44.4 Å². The fourth-order valence-electron chi connectivity index (χ4n) is 3.28. The number of aryl methyl sites for hydroxylation is 1. The number of para-hydroxylation sites is 1. The van der Waals surface area contributed by atoms with Gasteiger partial charge in [-0.25, -0.2) is 0 Å². The summed E-state index contributed by atoms with van der Waals surface area (Å²) in [5.74, 6) is 0.323. The maximum Gasteiger partial charge on any atom is 0.234 e. The van der Waals surface area contributed by atoms with Crippen LogP contribution in [0.4, 0.5) is 5.69 Å². The van der Waals surface area contributed by atoms with Gasteiger partial charge in [-0.2, -0.15) is 0 Å². The summed E-state index contributed by atoms with van der Waals surface area (Å²) in [4.78, 5) is 14.7. The zero-order valence-electron chi connectivity index (χ0n) is 10.9. The third kappa shape index (κ3) is 1.74. The molecule has 0 aromatic heterocycles. The summed E-state index contributed by atoms with van der Waals surface area (Å²) in [6, 6.07) is 8.17. The fraction of sp³-hybridized carbons (Fsp3) is 0.533. The van der Waals surface area contributed by atoms with Crippen molar-refractivity contribution >= 4 is 11.6 Å². The zero-order valence-corrected chi connectivity index (χ0v) is 10.9. The molecule has 2 aliphatic rings. The minimum absolute atomic E-state index is 0.124. The van der Waals surface area contributed by atoms with Gasteiger partial charge in [-0.1, -0.05) is 18.2 Å². The molecule has 3 heteroatoms. The van der Waals surface area contributed by atoms with Gasteiger partial charge in [-0.15, -0.1) is 0 Å². The molecule has 1 amide bonds. The average molecular weight is 244 g/mol. The molecular formula is C15H20N2O. The number of carbonyl (C=O) groups excluding carboxylic acids is 1. The minimum atomic E-state index is -0.124. The molecule has 1 spiro atoms. The van der Waals surface area contributed by atoms with Crippen LogP contribution in [0.2, 0.25) is 0 Å². The highest BCUT2D eigenvalue weighted by Crippen LogP contribution is 2.40. The summed E-state index contributed by atoms with van der Waals surface area (Å²) in [6.07, 6.45) is 3.15. The first kappa shape index (κ1) is 11.7. The summed E-state index contributed by atoms with van der Waals surface area (Å²) in [5.41, 5.74) is 2.15. The molecule has 0 saturated carbocycles. The van der Waals surface area contributed by atoms with E-state index in [0.29, 0.717) is 5.91 Å². The van der Waals surface area contributed by atoms with Crippen molar-refractivity contribution < 1.29 is 4.79 Å². The van der Waals surface area contributed by atoms with Gasteiger partial charge in [-0.3, -0.25) is 4.79 Å². The van der Waals surface area contributed by atoms with Crippen molar-refractivity contribution in [1.82, 2.24) is 5.32 Å². The molecule has 0 bridgehead atoms. The maximum absolute atomic E-state index is 12.7. The molecule has 1 atom stereocenters. The Balaban J connectivity index is 1.89. The number of hydrogen-bond acceptors (Lipinski definition) is 2. The number of carbonyl (C=O) groups is 1. The molecule has 3 rings (SSSR count). The lowest BCUT2D eigenvalue weighted by Gasteiger charge is -2.32. The molecule has 0 unspecified atom stereocenters. The van der Waals surface area contributed by atoms with E-state index in [1.54, 1.807) is 0 Å². The highest BCUT2D eigenvalue weighted by Gasteiger charge is 2.47. The van der Waals surface area contributed by atoms with Crippen LogP contribution in [0, 0.1) is 12.3 Å². The van der Waals surface area contributed by atoms with Crippen molar-refractivity contribution in [3.8, 4) is 0 Å². The Bertz CT molecular complexity index is 463. The zero-order chi connectivity index (χ0) is 12.6. The van der Waals surface area contributed by atoms with E-state index in [1.165, 1.54) is 5.56 Å². The fourth-order valence-corrected chi connectivity index (χ4v) is 3.28. The first-order chi connectivity index (χ1) is 8.73. The van der Waals surface area contributed by atoms with E-state index in [-0.39, 0.29) is 5.41 Å². The number of rotatable bonds is 1. The van der Waals surface area contributed by atoms with Crippen molar-refractivity contribution in [3.05, 3.63) is 29.8 Å². The lowest BCUT2D eigenvalue weighted by Crippen LogP contribution is -2.45. The largest absolute Gasteiger partial charge is 0.316 e. The molecular weight excluding hydrogens is 224 g/mol. The summed E-state index contributed by atoms with van der Waals surface area (Å²) >= 11 is 0. The molecule has 0 aliphatic carbocycles. The second kappa shape index (κ2) is 4.39. The number of hydrogen-bond donors (Lipinski definition) is 1. The van der Waals surface area contributed by atoms with Crippen LogP contribution in [0.3, 0.4) is 0 Å². The molecule has 2 aliphatic heterocycles. The number of anilines is 1. The predicted molar refractivity (Wildman–Crippen MR) is 72.7 cm³/mol. The molecule has 96 valence electrons. The van der Waals surface area contributed by atoms with E-state index in [0.717, 1.165) is 44.6 Å². The Kier molecular flexibility index (Phi) is 2.86. The van der Waals surface area contributed by atoms with Gasteiger partial charge in [0.15, 0.2) is 0 Å². The number of nitrogens with one attached hydrogen (secondary N) is 1. The van der Waals surface area contributed by atoms with Crippen molar-refractivity contribution in [2.24, 2.45) is 5.41 Å². The topological polar surface area (TPSA) is 32.3 Å². The third-order valence-corrected chi connectivity index (χ3v) is 4.39. The molecule has 2 heterocycles. The van der Waals surface area contributed by atoms with Gasteiger partial charge in [0.25, 0.3) is 0 Å². The number of benzene rings is 1. The normalized spacial score (nSPS) is 28.1. The van der Waals surface area contributed by atoms with Gasteiger partial charge >= 0.3 is 0 Å². The van der Waals surface area contributed by atoms with Crippen LogP contribution in [-0.4, -0.2) is 25.5 Å². The lowest BCUT2D eigenvalue weighted by molar-refractivity contribution is -0.126. The predicted octanol–water partition coefficient (Wildman–Crippen LogP) is 2.10. The maximum atomic E-state index is 12.7. The third-order valence-electron chi connectivity index (χ3n) is 4.39. The minimum Gasteiger partial charge on any atom is -0.316 e. The summed E-state index contributed by atoms with van der Waals surface area (Å²) in [7, 11) is 0. The Labute approximate surface area is 108 Å². The molecule has 1 N–H and O–H groups in total. The van der Waals surface area contributed by atoms with Crippen LogP contribution in [0.25, 0.3) is 0 Å². The van der Waals surface area contributed by atoms with Crippen LogP contribution in [0.15, 0.2) is 24.3 Å². The van der Waals surface area contributed by atoms with Crippen molar-refractivity contribution in [2.45, 2.75) is 26.2 Å². The first-order valence-corrected chi connectivity index (χ1v) is 6.81. The second-order valence-corrected chi connectivity index (χ2v) is 5.55. The van der Waals surface area contributed by atoms with Gasteiger partial charge < -0.3 is 10.2 Å². The van der Waals surface area contributed by atoms with Gasteiger partial charge in [0, 0.05) is 18.8 Å². The van der Waals surface area contributed by atoms with Crippen molar-refractivity contribution in [1.29, 1.82) is 0 Å². The van der Waals surface area contributed by atoms with Crippen molar-refractivity contribution in [3.63, 3.8) is 0 Å². The Morgan fingerprint density at radius 1 is 1.28 bits per heavy atom. The van der Waals surface area contributed by atoms with E-state index >= 15 is 0 Å². The highest BCUT2D eigenvalue weighted by atomic mass is 16.2. The summed E-state index contributed by atoms with van der Waals surface area (Å²) in [5, 5.41) is 3.39. The van der Waals surface area contributed by atoms with E-state index in [4.69, 9.17) is 0 Å². The van der Waals surface area contributed by atoms with Gasteiger partial charge in [0.2, 0.25) is 5.91 Å². The Morgan fingerprint density at radius 3 is 2.83 bits per heavy atom. The molecule has 1 aromatic carbocycles. The SMILES string of the molecule is Cc1ccccc1N1CC[C@]2(CCCNC2)C1=O. The summed E-state index contributed by atoms with van der Waals surface area (Å²) in [6.45, 7) is 4.85. The van der Waals surface area contributed by atoms with E-state index < -0.39 is 0 Å². The van der Waals surface area contributed by atoms with Gasteiger partial charge in [0.1, 0.15) is 0 Å². The lowest BCUT2D eigenvalue weighted by atomic mass is 9.79. The highest BCUT2D eigenvalue weighted by molar-refractivity contribution is 6.00. The van der Waals surface area contributed by atoms with Crippen LogP contribution in [-0.2, 0) is 4.79 Å². The monoisotopic (exact) mass is 244 g/mol. The van der Waals surface area contributed by atoms with Crippen LogP contribution >= 0.6 is 0 Å². The number of amides is 1. The van der Waals surface area contributed by atoms with E-state index in [2.05, 4.69) is 24.4 Å². The second-order valence-electron chi connectivity index (χ2n) is 5.55.